The van der Waals surface area contributed by atoms with Crippen LogP contribution < -0.4 is 28.0 Å². The van der Waals surface area contributed by atoms with E-state index in [1.54, 1.807) is 0 Å². The molecule has 0 atom stereocenters. The number of carboxylic acids is 2. The molecule has 0 saturated carbocycles. The van der Waals surface area contributed by atoms with Crippen LogP contribution in [0.3, 0.4) is 0 Å². The molecule has 7 aromatic rings. The van der Waals surface area contributed by atoms with Gasteiger partial charge in [-0.15, -0.1) is 0 Å². The van der Waals surface area contributed by atoms with Crippen LogP contribution in [0.2, 0.25) is 0 Å². The van der Waals surface area contributed by atoms with E-state index in [2.05, 4.69) is 18.7 Å². The Bertz CT molecular complexity index is 3430. The van der Waals surface area contributed by atoms with Gasteiger partial charge in [-0.2, -0.15) is 35.1 Å². The second-order valence-electron chi connectivity index (χ2n) is 14.0. The summed E-state index contributed by atoms with van der Waals surface area (Å²) in [5, 5.41) is 17.7. The molecule has 18 nitrogen and oxygen atoms in total. The zero-order valence-corrected chi connectivity index (χ0v) is 39.3. The van der Waals surface area contributed by atoms with Gasteiger partial charge in [0.1, 0.15) is 57.1 Å². The van der Waals surface area contributed by atoms with Gasteiger partial charge >= 0.3 is 24.3 Å². The molecule has 7 rings (SSSR count). The summed E-state index contributed by atoms with van der Waals surface area (Å²) in [7, 11) is -6.76. The van der Waals surface area contributed by atoms with Crippen LogP contribution >= 0.6 is 23.1 Å². The number of hydrogen-bond donors (Lipinski definition) is 3. The first-order chi connectivity index (χ1) is 34.1. The predicted octanol–water partition coefficient (Wildman–Crippen LogP) is 9.86. The second kappa shape index (κ2) is 21.5. The lowest BCUT2D eigenvalue weighted by atomic mass is 10.1. The summed E-state index contributed by atoms with van der Waals surface area (Å²) in [6.07, 6.45) is -7.84. The first-order valence-electron chi connectivity index (χ1n) is 19.2. The first kappa shape index (κ1) is 54.5. The van der Waals surface area contributed by atoms with Crippen LogP contribution in [0.15, 0.2) is 101 Å². The molecule has 3 N–H and O–H groups in total. The number of sulfonamides is 2. The Balaban J connectivity index is 0.000000249. The molecule has 0 spiro atoms. The molecule has 0 unspecified atom stereocenters. The van der Waals surface area contributed by atoms with Gasteiger partial charge in [0.05, 0.1) is 43.0 Å². The normalized spacial score (nSPS) is 11.8. The van der Waals surface area contributed by atoms with Crippen LogP contribution in [0.4, 0.5) is 54.2 Å². The Hall–Kier alpha value is -7.84. The van der Waals surface area contributed by atoms with E-state index in [4.69, 9.17) is 29.2 Å². The number of nitrogens with zero attached hydrogens (tertiary/aromatic N) is 5. The molecule has 32 heteroatoms. The van der Waals surface area contributed by atoms with Crippen LogP contribution in [-0.4, -0.2) is 71.9 Å². The fourth-order valence-electron chi connectivity index (χ4n) is 5.90. The molecule has 386 valence electrons. The van der Waals surface area contributed by atoms with Gasteiger partial charge in [-0.05, 0) is 48.5 Å². The smallest absolute Gasteiger partial charge is 0.416 e. The van der Waals surface area contributed by atoms with Gasteiger partial charge in [-0.25, -0.2) is 58.3 Å². The highest BCUT2D eigenvalue weighted by atomic mass is 32.2. The lowest BCUT2D eigenvalue weighted by Crippen LogP contribution is -2.31. The molecule has 2 aromatic heterocycles. The number of aromatic nitrogens is 4. The maximum Gasteiger partial charge on any atom is 0.416 e. The number of carboxylic acid groups (broad SMARTS) is 2. The van der Waals surface area contributed by atoms with Gasteiger partial charge in [-0.3, -0.25) is 4.72 Å². The van der Waals surface area contributed by atoms with E-state index >= 15 is 8.78 Å². The van der Waals surface area contributed by atoms with Crippen molar-refractivity contribution in [1.82, 2.24) is 18.7 Å². The third kappa shape index (κ3) is 13.0. The molecule has 0 bridgehead atoms. The molecule has 0 saturated heterocycles. The number of nitrogens with one attached hydrogen (secondary N) is 1. The number of alkyl halides is 6. The van der Waals surface area contributed by atoms with Gasteiger partial charge in [-0.1, -0.05) is 0 Å². The summed E-state index contributed by atoms with van der Waals surface area (Å²) >= 11 is 1.29. The highest BCUT2D eigenvalue weighted by molar-refractivity contribution is 7.93. The Kier molecular flexibility index (Phi) is 16.0. The highest BCUT2D eigenvalue weighted by Crippen LogP contribution is 2.39. The van der Waals surface area contributed by atoms with E-state index in [1.165, 1.54) is 32.4 Å². The number of ether oxygens (including phenoxy) is 4. The number of aromatic carboxylic acids is 2. The molecule has 0 aliphatic rings. The van der Waals surface area contributed by atoms with E-state index in [1.807, 2.05) is 4.72 Å². The Labute approximate surface area is 411 Å². The lowest BCUT2D eigenvalue weighted by Gasteiger charge is -2.23. The molecular formula is C41H26F10N6O12S4. The largest absolute Gasteiger partial charge is 0.497 e. The van der Waals surface area contributed by atoms with Crippen LogP contribution in [-0.2, 0) is 38.9 Å². The van der Waals surface area contributed by atoms with Crippen LogP contribution in [0.25, 0.3) is 0 Å². The van der Waals surface area contributed by atoms with Crippen molar-refractivity contribution in [2.45, 2.75) is 28.7 Å². The molecule has 0 fully saturated rings. The monoisotopic (exact) mass is 1110 g/mol. The topological polar surface area (TPSA) is 247 Å². The van der Waals surface area contributed by atoms with E-state index in [-0.39, 0.29) is 28.1 Å². The average molecular weight is 1110 g/mol. The van der Waals surface area contributed by atoms with E-state index < -0.39 is 129 Å². The summed E-state index contributed by atoms with van der Waals surface area (Å²) in [6, 6.07) is 8.41. The summed E-state index contributed by atoms with van der Waals surface area (Å²) < 4.78 is 220. The number of anilines is 2. The first-order valence-corrected chi connectivity index (χ1v) is 23.6. The minimum absolute atomic E-state index is 0.196. The fraction of sp³-hybridized carbons (Fsp3) is 0.122. The fourth-order valence-corrected chi connectivity index (χ4v) is 9.82. The maximum absolute atomic E-state index is 15.3. The molecular weight excluding hydrogens is 1090 g/mol. The summed E-state index contributed by atoms with van der Waals surface area (Å²) in [4.78, 5) is 27.5. The molecule has 0 amide bonds. The average Bonchev–Trinajstić information content (AvgIpc) is 4.05. The summed E-state index contributed by atoms with van der Waals surface area (Å²) in [6.45, 7) is -0.452. The second-order valence-corrected chi connectivity index (χ2v) is 19.0. The molecule has 0 aliphatic carbocycles. The van der Waals surface area contributed by atoms with Gasteiger partial charge in [0.2, 0.25) is 10.3 Å². The molecule has 2 heterocycles. The van der Waals surface area contributed by atoms with Crippen molar-refractivity contribution in [2.75, 3.05) is 23.2 Å². The Morgan fingerprint density at radius 3 is 1.58 bits per heavy atom. The molecule has 0 radical (unpaired) electrons. The maximum atomic E-state index is 15.3. The van der Waals surface area contributed by atoms with Crippen LogP contribution in [0, 0.1) is 23.3 Å². The van der Waals surface area contributed by atoms with Crippen molar-refractivity contribution in [2.24, 2.45) is 0 Å². The molecule has 0 aliphatic heterocycles. The van der Waals surface area contributed by atoms with Crippen molar-refractivity contribution in [1.29, 1.82) is 0 Å². The van der Waals surface area contributed by atoms with Gasteiger partial charge in [0.15, 0.2) is 23.1 Å². The Morgan fingerprint density at radius 1 is 0.616 bits per heavy atom. The third-order valence-electron chi connectivity index (χ3n) is 9.20. The van der Waals surface area contributed by atoms with Crippen molar-refractivity contribution >= 4 is 65.3 Å². The van der Waals surface area contributed by atoms with E-state index in [0.29, 0.717) is 87.2 Å². The standard InChI is InChI=1S/C25H18F5N3O7S2.C16H8F5N3O5S2/c1-38-16-4-3-13(20(8-16)39-2)11-33(24-31-12-32-41-24)42(36,37)22-10-18(26)21(9-19(22)27)40-17-6-14(23(34)35)5-15(7-17)25(28,29)30;17-10-5-13(31(27,28)24-15-22-6-23-30-15)11(18)4-12(10)29-9-2-7(14(25)26)1-8(3-9)16(19,20)21/h3-10,12H,11H2,1-2H3,(H,34,35);1-6H,(H,25,26)(H,22,23,24). The molecule has 73 heavy (non-hydrogen) atoms. The van der Waals surface area contributed by atoms with Gasteiger partial charge in [0.25, 0.3) is 20.0 Å². The summed E-state index contributed by atoms with van der Waals surface area (Å²) in [5.41, 5.74) is -4.16. The summed E-state index contributed by atoms with van der Waals surface area (Å²) in [5.74, 6) is -12.2. The van der Waals surface area contributed by atoms with E-state index in [0.717, 1.165) is 12.7 Å². The number of methoxy groups -OCH3 is 2. The number of rotatable bonds is 16. The quantitative estimate of drug-likeness (QED) is 0.0762. The number of halogens is 10. The Morgan fingerprint density at radius 2 is 1.12 bits per heavy atom. The lowest BCUT2D eigenvalue weighted by molar-refractivity contribution is -0.138. The van der Waals surface area contributed by atoms with Crippen LogP contribution in [0.1, 0.15) is 37.4 Å². The van der Waals surface area contributed by atoms with Gasteiger partial charge < -0.3 is 29.2 Å². The number of carbonyl (C=O) groups is 2. The number of hydrogen-bond acceptors (Lipinski definition) is 16. The highest BCUT2D eigenvalue weighted by Gasteiger charge is 2.36. The third-order valence-corrected chi connectivity index (χ3v) is 13.8. The molecule has 5 aromatic carbocycles. The zero-order valence-electron chi connectivity index (χ0n) is 36.0. The number of benzene rings is 5. The van der Waals surface area contributed by atoms with Crippen molar-refractivity contribution in [3.8, 4) is 34.5 Å². The van der Waals surface area contributed by atoms with Crippen molar-refractivity contribution in [3.63, 3.8) is 0 Å². The minimum Gasteiger partial charge on any atom is -0.497 e. The van der Waals surface area contributed by atoms with E-state index in [9.17, 15) is 61.5 Å². The predicted molar refractivity (Wildman–Crippen MR) is 233 cm³/mol. The van der Waals surface area contributed by atoms with Crippen LogP contribution in [0.5, 0.6) is 34.5 Å². The zero-order chi connectivity index (χ0) is 53.8. The van der Waals surface area contributed by atoms with Gasteiger partial charge in [0, 0.05) is 59.0 Å². The SMILES string of the molecule is COc1ccc(CN(c2ncns2)S(=O)(=O)c2cc(F)c(Oc3cc(C(=O)O)cc(C(F)(F)F)c3)cc2F)c(OC)c1.O=C(O)c1cc(Oc2cc(F)c(S(=O)(=O)Nc3ncns3)cc2F)cc(C(F)(F)F)c1. The van der Waals surface area contributed by atoms with Crippen molar-refractivity contribution < 1.29 is 99.5 Å². The minimum atomic E-state index is -4.98. The van der Waals surface area contributed by atoms with Crippen molar-refractivity contribution in [3.05, 3.63) is 143 Å².